The SMILES string of the molecule is CC(C)(C)NC(=O)Cc1n[nH]c(=O)c2ccccc12. The Morgan fingerprint density at radius 1 is 1.26 bits per heavy atom. The molecule has 2 rings (SSSR count). The molecule has 1 amide bonds. The van der Waals surface area contributed by atoms with Gasteiger partial charge in [-0.05, 0) is 26.8 Å². The predicted molar refractivity (Wildman–Crippen MR) is 74.0 cm³/mol. The highest BCUT2D eigenvalue weighted by molar-refractivity contribution is 5.88. The van der Waals surface area contributed by atoms with Gasteiger partial charge in [0.05, 0.1) is 17.5 Å². The second kappa shape index (κ2) is 4.84. The van der Waals surface area contributed by atoms with Gasteiger partial charge in [0.2, 0.25) is 5.91 Å². The Morgan fingerprint density at radius 3 is 2.53 bits per heavy atom. The number of nitrogens with zero attached hydrogens (tertiary/aromatic N) is 1. The number of carbonyl (C=O) groups is 1. The number of hydrogen-bond acceptors (Lipinski definition) is 3. The molecule has 0 aliphatic heterocycles. The lowest BCUT2D eigenvalue weighted by Gasteiger charge is -2.20. The molecule has 0 saturated carbocycles. The number of fused-ring (bicyclic) bond motifs is 1. The second-order valence-electron chi connectivity index (χ2n) is 5.52. The number of H-pyrrole nitrogens is 1. The monoisotopic (exact) mass is 259 g/mol. The molecular formula is C14H17N3O2. The lowest BCUT2D eigenvalue weighted by Crippen LogP contribution is -2.41. The second-order valence-corrected chi connectivity index (χ2v) is 5.52. The molecule has 0 aliphatic carbocycles. The van der Waals surface area contributed by atoms with Crippen molar-refractivity contribution in [3.8, 4) is 0 Å². The number of hydrogen-bond donors (Lipinski definition) is 2. The van der Waals surface area contributed by atoms with Crippen LogP contribution in [0.5, 0.6) is 0 Å². The quantitative estimate of drug-likeness (QED) is 0.855. The number of benzene rings is 1. The summed E-state index contributed by atoms with van der Waals surface area (Å²) in [6.07, 6.45) is 0.147. The molecule has 2 N–H and O–H groups in total. The van der Waals surface area contributed by atoms with Gasteiger partial charge >= 0.3 is 0 Å². The molecule has 1 aromatic heterocycles. The summed E-state index contributed by atoms with van der Waals surface area (Å²) < 4.78 is 0. The molecule has 19 heavy (non-hydrogen) atoms. The van der Waals surface area contributed by atoms with Crippen molar-refractivity contribution in [3.05, 3.63) is 40.3 Å². The van der Waals surface area contributed by atoms with Crippen LogP contribution in [-0.2, 0) is 11.2 Å². The summed E-state index contributed by atoms with van der Waals surface area (Å²) in [5.74, 6) is -0.114. The molecule has 2 aromatic rings. The first-order valence-electron chi connectivity index (χ1n) is 6.14. The van der Waals surface area contributed by atoms with Crippen LogP contribution in [0.2, 0.25) is 0 Å². The predicted octanol–water partition coefficient (Wildman–Crippen LogP) is 1.38. The van der Waals surface area contributed by atoms with E-state index >= 15 is 0 Å². The van der Waals surface area contributed by atoms with Crippen LogP contribution in [0.15, 0.2) is 29.1 Å². The Hall–Kier alpha value is -2.17. The lowest BCUT2D eigenvalue weighted by atomic mass is 10.1. The van der Waals surface area contributed by atoms with Gasteiger partial charge in [0.25, 0.3) is 5.56 Å². The molecule has 1 aromatic carbocycles. The van der Waals surface area contributed by atoms with Crippen LogP contribution in [0.1, 0.15) is 26.5 Å². The van der Waals surface area contributed by atoms with Crippen molar-refractivity contribution in [2.75, 3.05) is 0 Å². The van der Waals surface area contributed by atoms with Crippen molar-refractivity contribution in [1.82, 2.24) is 15.5 Å². The molecule has 0 spiro atoms. The maximum atomic E-state index is 11.9. The van der Waals surface area contributed by atoms with Crippen LogP contribution in [0.25, 0.3) is 10.8 Å². The molecule has 5 heteroatoms. The van der Waals surface area contributed by atoms with Gasteiger partial charge in [0.1, 0.15) is 0 Å². The normalized spacial score (nSPS) is 11.5. The maximum Gasteiger partial charge on any atom is 0.272 e. The van der Waals surface area contributed by atoms with E-state index in [4.69, 9.17) is 0 Å². The van der Waals surface area contributed by atoms with Crippen LogP contribution < -0.4 is 10.9 Å². The summed E-state index contributed by atoms with van der Waals surface area (Å²) in [6.45, 7) is 5.76. The summed E-state index contributed by atoms with van der Waals surface area (Å²) >= 11 is 0. The third-order valence-electron chi connectivity index (χ3n) is 2.62. The van der Waals surface area contributed by atoms with Gasteiger partial charge < -0.3 is 5.32 Å². The Balaban J connectivity index is 2.34. The van der Waals surface area contributed by atoms with Gasteiger partial charge in [-0.25, -0.2) is 5.10 Å². The van der Waals surface area contributed by atoms with Crippen molar-refractivity contribution in [1.29, 1.82) is 0 Å². The number of aromatic amines is 1. The van der Waals surface area contributed by atoms with Crippen LogP contribution in [0.4, 0.5) is 0 Å². The average molecular weight is 259 g/mol. The third-order valence-corrected chi connectivity index (χ3v) is 2.62. The summed E-state index contributed by atoms with van der Waals surface area (Å²) in [5.41, 5.74) is 0.0576. The smallest absolute Gasteiger partial charge is 0.272 e. The van der Waals surface area contributed by atoms with Crippen molar-refractivity contribution in [3.63, 3.8) is 0 Å². The first kappa shape index (κ1) is 13.3. The first-order valence-corrected chi connectivity index (χ1v) is 6.14. The van der Waals surface area contributed by atoms with Crippen LogP contribution in [0, 0.1) is 0 Å². The van der Waals surface area contributed by atoms with Crippen LogP contribution in [-0.4, -0.2) is 21.6 Å². The van der Waals surface area contributed by atoms with Crippen LogP contribution in [0.3, 0.4) is 0 Å². The minimum atomic E-state index is -0.283. The standard InChI is InChI=1S/C14H17N3O2/c1-14(2,3)15-12(18)8-11-9-6-4-5-7-10(9)13(19)17-16-11/h4-7H,8H2,1-3H3,(H,15,18)(H,17,19). The van der Waals surface area contributed by atoms with Crippen LogP contribution >= 0.6 is 0 Å². The Bertz CT molecular complexity index is 668. The van der Waals surface area contributed by atoms with E-state index < -0.39 is 0 Å². The highest BCUT2D eigenvalue weighted by Crippen LogP contribution is 2.13. The lowest BCUT2D eigenvalue weighted by molar-refractivity contribution is -0.121. The third kappa shape index (κ3) is 3.19. The van der Waals surface area contributed by atoms with Gasteiger partial charge in [-0.1, -0.05) is 18.2 Å². The maximum absolute atomic E-state index is 11.9. The molecule has 5 nitrogen and oxygen atoms in total. The molecule has 0 unspecified atom stereocenters. The van der Waals surface area contributed by atoms with E-state index in [1.807, 2.05) is 26.8 Å². The first-order chi connectivity index (χ1) is 8.87. The zero-order chi connectivity index (χ0) is 14.0. The van der Waals surface area contributed by atoms with Crippen molar-refractivity contribution < 1.29 is 4.79 Å². The molecule has 1 heterocycles. The molecule has 0 aliphatic rings. The molecule has 0 bridgehead atoms. The van der Waals surface area contributed by atoms with E-state index in [0.717, 1.165) is 5.39 Å². The Kier molecular flexibility index (Phi) is 3.38. The van der Waals surface area contributed by atoms with E-state index in [-0.39, 0.29) is 23.4 Å². The molecule has 0 radical (unpaired) electrons. The van der Waals surface area contributed by atoms with E-state index in [2.05, 4.69) is 15.5 Å². The summed E-state index contributed by atoms with van der Waals surface area (Å²) in [6, 6.07) is 7.14. The van der Waals surface area contributed by atoms with E-state index in [9.17, 15) is 9.59 Å². The molecule has 100 valence electrons. The molecule has 0 atom stereocenters. The van der Waals surface area contributed by atoms with Crippen molar-refractivity contribution in [2.24, 2.45) is 0 Å². The Labute approximate surface area is 111 Å². The fourth-order valence-corrected chi connectivity index (χ4v) is 1.92. The highest BCUT2D eigenvalue weighted by atomic mass is 16.1. The summed E-state index contributed by atoms with van der Waals surface area (Å²) in [5, 5.41) is 10.5. The van der Waals surface area contributed by atoms with Crippen molar-refractivity contribution in [2.45, 2.75) is 32.7 Å². The van der Waals surface area contributed by atoms with Gasteiger partial charge in [-0.15, -0.1) is 0 Å². The zero-order valence-electron chi connectivity index (χ0n) is 11.3. The van der Waals surface area contributed by atoms with E-state index in [0.29, 0.717) is 11.1 Å². The van der Waals surface area contributed by atoms with E-state index in [1.54, 1.807) is 18.2 Å². The fraction of sp³-hybridized carbons (Fsp3) is 0.357. The topological polar surface area (TPSA) is 74.8 Å². The van der Waals surface area contributed by atoms with Gasteiger partial charge in [0.15, 0.2) is 0 Å². The minimum absolute atomic E-state index is 0.114. The molecule has 0 fully saturated rings. The number of rotatable bonds is 2. The number of amides is 1. The largest absolute Gasteiger partial charge is 0.351 e. The summed E-state index contributed by atoms with van der Waals surface area (Å²) in [7, 11) is 0. The molecular weight excluding hydrogens is 242 g/mol. The van der Waals surface area contributed by atoms with Gasteiger partial charge in [-0.2, -0.15) is 5.10 Å². The van der Waals surface area contributed by atoms with E-state index in [1.165, 1.54) is 0 Å². The van der Waals surface area contributed by atoms with Gasteiger partial charge in [0, 0.05) is 10.9 Å². The number of aromatic nitrogens is 2. The summed E-state index contributed by atoms with van der Waals surface area (Å²) in [4.78, 5) is 23.5. The molecule has 0 saturated heterocycles. The number of nitrogens with one attached hydrogen (secondary N) is 2. The highest BCUT2D eigenvalue weighted by Gasteiger charge is 2.16. The Morgan fingerprint density at radius 2 is 1.89 bits per heavy atom. The zero-order valence-corrected chi connectivity index (χ0v) is 11.3. The number of carbonyl (C=O) groups excluding carboxylic acids is 1. The van der Waals surface area contributed by atoms with Gasteiger partial charge in [-0.3, -0.25) is 9.59 Å². The fourth-order valence-electron chi connectivity index (χ4n) is 1.92. The average Bonchev–Trinajstić information content (AvgIpc) is 2.31. The minimum Gasteiger partial charge on any atom is -0.351 e. The van der Waals surface area contributed by atoms with Crippen molar-refractivity contribution >= 4 is 16.7 Å².